The lowest BCUT2D eigenvalue weighted by atomic mass is 9.87. The molecule has 0 unspecified atom stereocenters. The summed E-state index contributed by atoms with van der Waals surface area (Å²) in [7, 11) is 0. The van der Waals surface area contributed by atoms with E-state index < -0.39 is 0 Å². The van der Waals surface area contributed by atoms with Crippen LogP contribution in [0.1, 0.15) is 46.6 Å². The molecular weight excluding hydrogens is 264 g/mol. The topological polar surface area (TPSA) is 49.4 Å². The van der Waals surface area contributed by atoms with Gasteiger partial charge in [0.15, 0.2) is 0 Å². The highest BCUT2D eigenvalue weighted by Gasteiger charge is 2.16. The molecule has 0 fully saturated rings. The molecule has 0 spiro atoms. The van der Waals surface area contributed by atoms with Gasteiger partial charge in [0.05, 0.1) is 0 Å². The van der Waals surface area contributed by atoms with Gasteiger partial charge in [0.1, 0.15) is 6.42 Å². The highest BCUT2D eigenvalue weighted by atomic mass is 16.2. The Balaban J connectivity index is 2.61. The van der Waals surface area contributed by atoms with Crippen molar-refractivity contribution >= 4 is 17.5 Å². The summed E-state index contributed by atoms with van der Waals surface area (Å²) in [6.07, 6.45) is -0.108. The van der Waals surface area contributed by atoms with E-state index >= 15 is 0 Å². The minimum Gasteiger partial charge on any atom is -0.343 e. The molecule has 0 saturated carbocycles. The van der Waals surface area contributed by atoms with E-state index in [1.807, 2.05) is 38.1 Å². The minimum absolute atomic E-state index is 0.0846. The van der Waals surface area contributed by atoms with Crippen LogP contribution < -0.4 is 5.32 Å². The number of anilines is 1. The van der Waals surface area contributed by atoms with Gasteiger partial charge in [0.25, 0.3) is 0 Å². The lowest BCUT2D eigenvalue weighted by molar-refractivity contribution is -0.134. The standard InChI is InChI=1S/C17H26N2O2/c1-6-19(7-2)16(21)12-15(20)18-14-10-8-13(9-11-14)17(3,4)5/h8-11H,6-7,12H2,1-5H3,(H,18,20). The van der Waals surface area contributed by atoms with E-state index in [1.54, 1.807) is 4.90 Å². The smallest absolute Gasteiger partial charge is 0.233 e. The van der Waals surface area contributed by atoms with E-state index in [4.69, 9.17) is 0 Å². The van der Waals surface area contributed by atoms with Crippen molar-refractivity contribution in [1.82, 2.24) is 4.90 Å². The van der Waals surface area contributed by atoms with E-state index in [9.17, 15) is 9.59 Å². The lowest BCUT2D eigenvalue weighted by Gasteiger charge is -2.19. The molecule has 0 aliphatic carbocycles. The van der Waals surface area contributed by atoms with Crippen molar-refractivity contribution in [3.05, 3.63) is 29.8 Å². The molecular formula is C17H26N2O2. The third-order valence-corrected chi connectivity index (χ3v) is 3.46. The predicted molar refractivity (Wildman–Crippen MR) is 86.3 cm³/mol. The molecule has 4 nitrogen and oxygen atoms in total. The van der Waals surface area contributed by atoms with Gasteiger partial charge in [-0.15, -0.1) is 0 Å². The van der Waals surface area contributed by atoms with Crippen molar-refractivity contribution in [1.29, 1.82) is 0 Å². The fourth-order valence-electron chi connectivity index (χ4n) is 2.08. The quantitative estimate of drug-likeness (QED) is 0.847. The van der Waals surface area contributed by atoms with Crippen molar-refractivity contribution in [2.24, 2.45) is 0 Å². The van der Waals surface area contributed by atoms with Crippen LogP contribution >= 0.6 is 0 Å². The van der Waals surface area contributed by atoms with Crippen LogP contribution in [0.15, 0.2) is 24.3 Å². The van der Waals surface area contributed by atoms with Crippen LogP contribution in [0.4, 0.5) is 5.69 Å². The van der Waals surface area contributed by atoms with Crippen molar-refractivity contribution < 1.29 is 9.59 Å². The van der Waals surface area contributed by atoms with Gasteiger partial charge in [-0.3, -0.25) is 9.59 Å². The second-order valence-electron chi connectivity index (χ2n) is 6.12. The number of rotatable bonds is 5. The largest absolute Gasteiger partial charge is 0.343 e. The number of carbonyl (C=O) groups is 2. The number of hydrogen-bond acceptors (Lipinski definition) is 2. The fourth-order valence-corrected chi connectivity index (χ4v) is 2.08. The first-order chi connectivity index (χ1) is 9.77. The highest BCUT2D eigenvalue weighted by Crippen LogP contribution is 2.23. The van der Waals surface area contributed by atoms with Gasteiger partial charge < -0.3 is 10.2 Å². The molecule has 21 heavy (non-hydrogen) atoms. The molecule has 1 aromatic rings. The fraction of sp³-hybridized carbons (Fsp3) is 0.529. The average molecular weight is 290 g/mol. The summed E-state index contributed by atoms with van der Waals surface area (Å²) < 4.78 is 0. The van der Waals surface area contributed by atoms with Gasteiger partial charge in [0.2, 0.25) is 11.8 Å². The van der Waals surface area contributed by atoms with Gasteiger partial charge in [-0.1, -0.05) is 32.9 Å². The van der Waals surface area contributed by atoms with Crippen LogP contribution in [-0.2, 0) is 15.0 Å². The van der Waals surface area contributed by atoms with Gasteiger partial charge in [0, 0.05) is 18.8 Å². The first-order valence-electron chi connectivity index (χ1n) is 7.46. The molecule has 0 aliphatic heterocycles. The molecule has 0 aromatic heterocycles. The number of hydrogen-bond donors (Lipinski definition) is 1. The minimum atomic E-state index is -0.268. The average Bonchev–Trinajstić information content (AvgIpc) is 2.39. The van der Waals surface area contributed by atoms with Crippen molar-refractivity contribution in [3.8, 4) is 0 Å². The highest BCUT2D eigenvalue weighted by molar-refractivity contribution is 6.03. The number of benzene rings is 1. The summed E-state index contributed by atoms with van der Waals surface area (Å²) in [5.74, 6) is -0.403. The first kappa shape index (κ1) is 17.2. The summed E-state index contributed by atoms with van der Waals surface area (Å²) in [5, 5.41) is 2.77. The number of nitrogens with one attached hydrogen (secondary N) is 1. The Hall–Kier alpha value is -1.84. The monoisotopic (exact) mass is 290 g/mol. The molecule has 0 saturated heterocycles. The second kappa shape index (κ2) is 7.25. The number of amides is 2. The van der Waals surface area contributed by atoms with Crippen LogP contribution in [0.5, 0.6) is 0 Å². The summed E-state index contributed by atoms with van der Waals surface area (Å²) in [4.78, 5) is 25.4. The number of nitrogens with zero attached hydrogens (tertiary/aromatic N) is 1. The maximum Gasteiger partial charge on any atom is 0.233 e. The zero-order valence-corrected chi connectivity index (χ0v) is 13.7. The van der Waals surface area contributed by atoms with Gasteiger partial charge in [-0.2, -0.15) is 0 Å². The zero-order valence-electron chi connectivity index (χ0n) is 13.7. The molecule has 0 aliphatic rings. The van der Waals surface area contributed by atoms with Crippen LogP contribution in [-0.4, -0.2) is 29.8 Å². The lowest BCUT2D eigenvalue weighted by Crippen LogP contribution is -2.33. The Morgan fingerprint density at radius 2 is 1.57 bits per heavy atom. The Labute approximate surface area is 127 Å². The van der Waals surface area contributed by atoms with Gasteiger partial charge in [-0.25, -0.2) is 0 Å². The molecule has 0 heterocycles. The van der Waals surface area contributed by atoms with Gasteiger partial charge >= 0.3 is 0 Å². The third kappa shape index (κ3) is 5.21. The molecule has 0 radical (unpaired) electrons. The Bertz CT molecular complexity index is 483. The maximum atomic E-state index is 11.9. The van der Waals surface area contributed by atoms with Crippen molar-refractivity contribution in [2.75, 3.05) is 18.4 Å². The normalized spacial score (nSPS) is 11.1. The molecule has 0 bridgehead atoms. The molecule has 2 amide bonds. The van der Waals surface area contributed by atoms with Crippen molar-refractivity contribution in [3.63, 3.8) is 0 Å². The van der Waals surface area contributed by atoms with E-state index in [2.05, 4.69) is 26.1 Å². The maximum absolute atomic E-state index is 11.9. The molecule has 116 valence electrons. The molecule has 4 heteroatoms. The van der Waals surface area contributed by atoms with E-state index in [0.29, 0.717) is 13.1 Å². The SMILES string of the molecule is CCN(CC)C(=O)CC(=O)Nc1ccc(C(C)(C)C)cc1. The van der Waals surface area contributed by atoms with E-state index in [1.165, 1.54) is 5.56 Å². The van der Waals surface area contributed by atoms with Gasteiger partial charge in [-0.05, 0) is 37.0 Å². The van der Waals surface area contributed by atoms with Crippen LogP contribution in [0.2, 0.25) is 0 Å². The molecule has 1 aromatic carbocycles. The first-order valence-corrected chi connectivity index (χ1v) is 7.46. The van der Waals surface area contributed by atoms with Crippen molar-refractivity contribution in [2.45, 2.75) is 46.5 Å². The van der Waals surface area contributed by atoms with Crippen LogP contribution in [0.3, 0.4) is 0 Å². The third-order valence-electron chi connectivity index (χ3n) is 3.46. The molecule has 0 atom stereocenters. The predicted octanol–water partition coefficient (Wildman–Crippen LogP) is 3.18. The summed E-state index contributed by atoms with van der Waals surface area (Å²) >= 11 is 0. The second-order valence-corrected chi connectivity index (χ2v) is 6.12. The Morgan fingerprint density at radius 1 is 1.05 bits per heavy atom. The Morgan fingerprint density at radius 3 is 2.00 bits per heavy atom. The van der Waals surface area contributed by atoms with E-state index in [-0.39, 0.29) is 23.7 Å². The molecule has 1 rings (SSSR count). The van der Waals surface area contributed by atoms with Crippen LogP contribution in [0, 0.1) is 0 Å². The Kier molecular flexibility index (Phi) is 5.94. The summed E-state index contributed by atoms with van der Waals surface area (Å²) in [6, 6.07) is 7.75. The zero-order chi connectivity index (χ0) is 16.0. The van der Waals surface area contributed by atoms with E-state index in [0.717, 1.165) is 5.69 Å². The number of carbonyl (C=O) groups excluding carboxylic acids is 2. The summed E-state index contributed by atoms with van der Waals surface area (Å²) in [6.45, 7) is 11.5. The van der Waals surface area contributed by atoms with Crippen LogP contribution in [0.25, 0.3) is 0 Å². The molecule has 1 N–H and O–H groups in total. The summed E-state index contributed by atoms with van der Waals surface area (Å²) in [5.41, 5.74) is 2.02.